The first-order valence-electron chi connectivity index (χ1n) is 3.37. The molecule has 2 nitrogen and oxygen atoms in total. The van der Waals surface area contributed by atoms with E-state index in [4.69, 9.17) is 0 Å². The van der Waals surface area contributed by atoms with Crippen molar-refractivity contribution in [2.75, 3.05) is 0 Å². The highest BCUT2D eigenvalue weighted by atomic mass is 14.8. The van der Waals surface area contributed by atoms with Crippen molar-refractivity contribution < 1.29 is 0 Å². The molecule has 0 N–H and O–H groups in total. The van der Waals surface area contributed by atoms with Gasteiger partial charge in [0, 0.05) is 12.4 Å². The van der Waals surface area contributed by atoms with E-state index in [2.05, 4.69) is 30.5 Å². The van der Waals surface area contributed by atoms with E-state index >= 15 is 0 Å². The van der Waals surface area contributed by atoms with E-state index in [0.29, 0.717) is 5.92 Å². The van der Waals surface area contributed by atoms with Gasteiger partial charge in [0.2, 0.25) is 0 Å². The molecule has 0 aliphatic heterocycles. The molecule has 2 heteroatoms. The fourth-order valence-electron chi connectivity index (χ4n) is 0.523. The molecule has 0 saturated carbocycles. The molecule has 0 radical (unpaired) electrons. The van der Waals surface area contributed by atoms with Gasteiger partial charge in [-0.1, -0.05) is 13.8 Å². The SMILES string of the molecule is C=N/C(=C\N=CC)C(C)C. The van der Waals surface area contributed by atoms with E-state index < -0.39 is 0 Å². The van der Waals surface area contributed by atoms with E-state index in [0.717, 1.165) is 5.70 Å². The Balaban J connectivity index is 4.18. The zero-order chi connectivity index (χ0) is 7.98. The summed E-state index contributed by atoms with van der Waals surface area (Å²) in [5, 5.41) is 0. The second-order valence-electron chi connectivity index (χ2n) is 2.27. The summed E-state index contributed by atoms with van der Waals surface area (Å²) in [6.45, 7) is 9.44. The van der Waals surface area contributed by atoms with Crippen molar-refractivity contribution in [2.45, 2.75) is 20.8 Å². The van der Waals surface area contributed by atoms with Gasteiger partial charge in [-0.15, -0.1) is 0 Å². The van der Waals surface area contributed by atoms with Crippen molar-refractivity contribution in [3.8, 4) is 0 Å². The van der Waals surface area contributed by atoms with Crippen LogP contribution in [0, 0.1) is 5.92 Å². The average molecular weight is 138 g/mol. The standard InChI is InChI=1S/C8H14N2/c1-5-10-6-8(9-4)7(2)3/h5-7H,4H2,1-3H3/b8-6-,10-5?. The zero-order valence-electron chi connectivity index (χ0n) is 6.83. The lowest BCUT2D eigenvalue weighted by Gasteiger charge is -2.01. The van der Waals surface area contributed by atoms with Crippen molar-refractivity contribution in [3.05, 3.63) is 11.9 Å². The van der Waals surface area contributed by atoms with E-state index in [1.54, 1.807) is 12.4 Å². The van der Waals surface area contributed by atoms with Crippen LogP contribution in [-0.2, 0) is 0 Å². The summed E-state index contributed by atoms with van der Waals surface area (Å²) < 4.78 is 0. The lowest BCUT2D eigenvalue weighted by molar-refractivity contribution is 0.757. The molecule has 0 atom stereocenters. The minimum atomic E-state index is 0.404. The summed E-state index contributed by atoms with van der Waals surface area (Å²) >= 11 is 0. The van der Waals surface area contributed by atoms with Gasteiger partial charge >= 0.3 is 0 Å². The number of aliphatic imine (C=N–C) groups is 2. The predicted octanol–water partition coefficient (Wildman–Crippen LogP) is 2.28. The summed E-state index contributed by atoms with van der Waals surface area (Å²) in [5.74, 6) is 0.404. The summed E-state index contributed by atoms with van der Waals surface area (Å²) in [7, 11) is 0. The average Bonchev–Trinajstić information content (AvgIpc) is 1.89. The quantitative estimate of drug-likeness (QED) is 0.534. The van der Waals surface area contributed by atoms with Gasteiger partial charge in [-0.25, -0.2) is 0 Å². The van der Waals surface area contributed by atoms with Crippen LogP contribution in [0.15, 0.2) is 21.9 Å². The van der Waals surface area contributed by atoms with Gasteiger partial charge in [0.25, 0.3) is 0 Å². The number of hydrogen-bond donors (Lipinski definition) is 0. The minimum absolute atomic E-state index is 0.404. The summed E-state index contributed by atoms with van der Waals surface area (Å²) in [6, 6.07) is 0. The molecule has 56 valence electrons. The van der Waals surface area contributed by atoms with Crippen LogP contribution in [-0.4, -0.2) is 12.9 Å². The summed E-state index contributed by atoms with van der Waals surface area (Å²) in [6.07, 6.45) is 3.46. The van der Waals surface area contributed by atoms with Gasteiger partial charge < -0.3 is 0 Å². The van der Waals surface area contributed by atoms with Gasteiger partial charge in [-0.05, 0) is 19.6 Å². The van der Waals surface area contributed by atoms with Crippen LogP contribution in [0.5, 0.6) is 0 Å². The maximum atomic E-state index is 3.94. The molecule has 0 saturated heterocycles. The lowest BCUT2D eigenvalue weighted by Crippen LogP contribution is -1.88. The molecule has 0 aliphatic rings. The Morgan fingerprint density at radius 3 is 2.40 bits per heavy atom. The van der Waals surface area contributed by atoms with Gasteiger partial charge in [-0.3, -0.25) is 9.98 Å². The maximum Gasteiger partial charge on any atom is 0.0603 e. The largest absolute Gasteiger partial charge is 0.267 e. The Bertz CT molecular complexity index is 155. The molecular weight excluding hydrogens is 124 g/mol. The second-order valence-corrected chi connectivity index (χ2v) is 2.27. The fraction of sp³-hybridized carbons (Fsp3) is 0.500. The van der Waals surface area contributed by atoms with Crippen LogP contribution in [0.4, 0.5) is 0 Å². The third-order valence-electron chi connectivity index (χ3n) is 1.13. The van der Waals surface area contributed by atoms with Gasteiger partial charge in [0.15, 0.2) is 0 Å². The van der Waals surface area contributed by atoms with Crippen LogP contribution >= 0.6 is 0 Å². The highest BCUT2D eigenvalue weighted by Gasteiger charge is 1.96. The Morgan fingerprint density at radius 1 is 1.50 bits per heavy atom. The van der Waals surface area contributed by atoms with Crippen LogP contribution in [0.3, 0.4) is 0 Å². The predicted molar refractivity (Wildman–Crippen MR) is 46.6 cm³/mol. The number of hydrogen-bond acceptors (Lipinski definition) is 2. The minimum Gasteiger partial charge on any atom is -0.267 e. The van der Waals surface area contributed by atoms with Crippen molar-refractivity contribution in [1.29, 1.82) is 0 Å². The second kappa shape index (κ2) is 4.91. The first-order chi connectivity index (χ1) is 4.72. The molecular formula is C8H14N2. The normalized spacial score (nSPS) is 13.0. The van der Waals surface area contributed by atoms with E-state index in [1.807, 2.05) is 6.92 Å². The Morgan fingerprint density at radius 2 is 2.10 bits per heavy atom. The molecule has 0 bridgehead atoms. The Labute approximate surface area is 62.4 Å². The van der Waals surface area contributed by atoms with Crippen molar-refractivity contribution in [2.24, 2.45) is 15.9 Å². The molecule has 10 heavy (non-hydrogen) atoms. The number of rotatable bonds is 3. The van der Waals surface area contributed by atoms with Crippen LogP contribution in [0.25, 0.3) is 0 Å². The highest BCUT2D eigenvalue weighted by molar-refractivity contribution is 5.54. The molecule has 0 aromatic carbocycles. The highest BCUT2D eigenvalue weighted by Crippen LogP contribution is 2.09. The van der Waals surface area contributed by atoms with E-state index in [9.17, 15) is 0 Å². The molecule has 0 aromatic heterocycles. The smallest absolute Gasteiger partial charge is 0.0603 e. The van der Waals surface area contributed by atoms with Crippen LogP contribution < -0.4 is 0 Å². The van der Waals surface area contributed by atoms with Crippen LogP contribution in [0.1, 0.15) is 20.8 Å². The van der Waals surface area contributed by atoms with Gasteiger partial charge in [-0.2, -0.15) is 0 Å². The number of nitrogens with zero attached hydrogens (tertiary/aromatic N) is 2. The van der Waals surface area contributed by atoms with Crippen LogP contribution in [0.2, 0.25) is 0 Å². The fourth-order valence-corrected chi connectivity index (χ4v) is 0.523. The summed E-state index contributed by atoms with van der Waals surface area (Å²) in [5.41, 5.74) is 0.929. The van der Waals surface area contributed by atoms with E-state index in [-0.39, 0.29) is 0 Å². The molecule has 0 amide bonds. The molecule has 0 rings (SSSR count). The first-order valence-corrected chi connectivity index (χ1v) is 3.37. The summed E-state index contributed by atoms with van der Waals surface area (Å²) in [4.78, 5) is 7.77. The Kier molecular flexibility index (Phi) is 4.46. The topological polar surface area (TPSA) is 24.7 Å². The van der Waals surface area contributed by atoms with Crippen molar-refractivity contribution in [1.82, 2.24) is 0 Å². The molecule has 0 unspecified atom stereocenters. The maximum absolute atomic E-state index is 3.94. The lowest BCUT2D eigenvalue weighted by atomic mass is 10.1. The van der Waals surface area contributed by atoms with Gasteiger partial charge in [0.1, 0.15) is 0 Å². The van der Waals surface area contributed by atoms with Crippen molar-refractivity contribution in [3.63, 3.8) is 0 Å². The monoisotopic (exact) mass is 138 g/mol. The Hall–Kier alpha value is -0.920. The molecule has 0 fully saturated rings. The first kappa shape index (κ1) is 9.08. The number of allylic oxidation sites excluding steroid dienone is 1. The molecule has 0 spiro atoms. The third kappa shape index (κ3) is 3.17. The molecule has 0 aromatic rings. The molecule has 0 aliphatic carbocycles. The van der Waals surface area contributed by atoms with Crippen molar-refractivity contribution >= 4 is 12.9 Å². The zero-order valence-corrected chi connectivity index (χ0v) is 6.83. The van der Waals surface area contributed by atoms with E-state index in [1.165, 1.54) is 0 Å². The third-order valence-corrected chi connectivity index (χ3v) is 1.13. The van der Waals surface area contributed by atoms with Gasteiger partial charge in [0.05, 0.1) is 5.70 Å². The molecule has 0 heterocycles.